The van der Waals surface area contributed by atoms with Gasteiger partial charge in [0.25, 0.3) is 0 Å². The van der Waals surface area contributed by atoms with E-state index in [1.165, 1.54) is 0 Å². The molecule has 8 heteroatoms. The SMILES string of the molecule is Cc1cc2c(O)c(c1)CN1CCN(Cc3ccccc3OCCOc3ccccc3C1)Cc1cc(C)cc(c1O)C=Nc1cccc3cccc(c13)N=C2. The summed E-state index contributed by atoms with van der Waals surface area (Å²) in [7, 11) is 0. The predicted octanol–water partition coefficient (Wildman–Crippen LogP) is 9.16. The standard InChI is InChI=1S/C46H44N4O4/c1-31-21-36-25-47-40-13-7-11-33-12-8-14-41(44(33)40)48-26-37-22-32(2)24-39(46(37)52)30-50-18-17-49(29-38(23-31)45(36)51)27-34-9-3-5-15-42(34)53-19-20-54-43-16-6-4-10-35(43)28-50/h3-16,21-26,51-52H,17-20,27-30H2,1-2H3. The first-order valence-electron chi connectivity index (χ1n) is 18.5. The fraction of sp³-hybridized carbons (Fsp3) is 0.217. The first kappa shape index (κ1) is 35.1. The molecule has 2 aliphatic rings. The first-order chi connectivity index (χ1) is 26.4. The highest BCUT2D eigenvalue weighted by molar-refractivity contribution is 6.04. The van der Waals surface area contributed by atoms with E-state index < -0.39 is 0 Å². The molecule has 0 saturated heterocycles. The molecule has 54 heavy (non-hydrogen) atoms. The van der Waals surface area contributed by atoms with Crippen LogP contribution in [-0.4, -0.2) is 58.7 Å². The Kier molecular flexibility index (Phi) is 10.1. The van der Waals surface area contributed by atoms with Gasteiger partial charge in [-0.25, -0.2) is 0 Å². The molecule has 0 radical (unpaired) electrons. The predicted molar refractivity (Wildman–Crippen MR) is 216 cm³/mol. The molecule has 0 saturated carbocycles. The van der Waals surface area contributed by atoms with Gasteiger partial charge in [-0.05, 0) is 66.8 Å². The van der Waals surface area contributed by atoms with Crippen LogP contribution in [0.25, 0.3) is 10.8 Å². The summed E-state index contributed by atoms with van der Waals surface area (Å²) in [6, 6.07) is 36.3. The molecule has 2 N–H and O–H groups in total. The van der Waals surface area contributed by atoms with Crippen molar-refractivity contribution in [3.05, 3.63) is 154 Å². The molecule has 6 aromatic carbocycles. The van der Waals surface area contributed by atoms with Crippen LogP contribution in [0.5, 0.6) is 23.0 Å². The minimum Gasteiger partial charge on any atom is -0.507 e. The molecule has 272 valence electrons. The highest BCUT2D eigenvalue weighted by atomic mass is 16.5. The molecule has 6 aromatic rings. The van der Waals surface area contributed by atoms with E-state index in [1.807, 2.05) is 84.9 Å². The molecule has 2 heterocycles. The number of aromatic hydroxyl groups is 2. The van der Waals surface area contributed by atoms with Crippen LogP contribution in [0.2, 0.25) is 0 Å². The fourth-order valence-corrected chi connectivity index (χ4v) is 7.53. The third-order valence-electron chi connectivity index (χ3n) is 10.1. The van der Waals surface area contributed by atoms with E-state index in [4.69, 9.17) is 19.5 Å². The van der Waals surface area contributed by atoms with Crippen LogP contribution in [0.1, 0.15) is 44.5 Å². The lowest BCUT2D eigenvalue weighted by Gasteiger charge is -2.30. The molecule has 8 rings (SSSR count). The summed E-state index contributed by atoms with van der Waals surface area (Å²) in [5.41, 5.74) is 8.62. The number of rotatable bonds is 0. The molecule has 2 unspecified atom stereocenters. The summed E-state index contributed by atoms with van der Waals surface area (Å²) in [6.07, 6.45) is 3.50. The van der Waals surface area contributed by atoms with Gasteiger partial charge in [-0.3, -0.25) is 19.8 Å². The quantitative estimate of drug-likeness (QED) is 0.163. The third kappa shape index (κ3) is 7.71. The first-order valence-corrected chi connectivity index (χ1v) is 18.5. The Morgan fingerprint density at radius 1 is 0.519 bits per heavy atom. The lowest BCUT2D eigenvalue weighted by molar-refractivity contribution is 0.169. The molecule has 0 aromatic heterocycles. The summed E-state index contributed by atoms with van der Waals surface area (Å²) in [5, 5.41) is 25.5. The molecule has 6 bridgehead atoms. The van der Waals surface area contributed by atoms with Crippen molar-refractivity contribution in [2.24, 2.45) is 9.98 Å². The maximum atomic E-state index is 11.8. The smallest absolute Gasteiger partial charge is 0.128 e. The number of hydrogen-bond donors (Lipinski definition) is 2. The van der Waals surface area contributed by atoms with Gasteiger partial charge in [0.2, 0.25) is 0 Å². The number of para-hydroxylation sites is 2. The van der Waals surface area contributed by atoms with Crippen LogP contribution in [0.3, 0.4) is 0 Å². The minimum atomic E-state index is 0.212. The Balaban J connectivity index is 1.30. The van der Waals surface area contributed by atoms with Crippen molar-refractivity contribution in [2.45, 2.75) is 40.0 Å². The maximum Gasteiger partial charge on any atom is 0.128 e. The summed E-state index contributed by atoms with van der Waals surface area (Å²) in [4.78, 5) is 14.6. The number of aliphatic imine (C=N–C) groups is 2. The van der Waals surface area contributed by atoms with Crippen molar-refractivity contribution in [2.75, 3.05) is 26.3 Å². The average Bonchev–Trinajstić information content (AvgIpc) is 3.17. The monoisotopic (exact) mass is 716 g/mol. The highest BCUT2D eigenvalue weighted by Crippen LogP contribution is 2.36. The molecule has 2 atom stereocenters. The van der Waals surface area contributed by atoms with Gasteiger partial charge in [0.05, 0.1) is 11.4 Å². The second-order valence-corrected chi connectivity index (χ2v) is 14.2. The Morgan fingerprint density at radius 3 is 1.44 bits per heavy atom. The summed E-state index contributed by atoms with van der Waals surface area (Å²) in [5.74, 6) is 2.05. The Bertz CT molecular complexity index is 2220. The zero-order chi connectivity index (χ0) is 37.0. The zero-order valence-electron chi connectivity index (χ0n) is 30.7. The molecule has 8 nitrogen and oxygen atoms in total. The van der Waals surface area contributed by atoms with Gasteiger partial charge in [0.15, 0.2) is 0 Å². The van der Waals surface area contributed by atoms with Crippen LogP contribution >= 0.6 is 0 Å². The van der Waals surface area contributed by atoms with Crippen LogP contribution in [0, 0.1) is 13.8 Å². The van der Waals surface area contributed by atoms with Gasteiger partial charge < -0.3 is 19.7 Å². The van der Waals surface area contributed by atoms with E-state index in [1.54, 1.807) is 12.4 Å². The normalized spacial score (nSPS) is 17.5. The highest BCUT2D eigenvalue weighted by Gasteiger charge is 2.20. The largest absolute Gasteiger partial charge is 0.507 e. The zero-order valence-corrected chi connectivity index (χ0v) is 30.7. The van der Waals surface area contributed by atoms with Gasteiger partial charge in [-0.1, -0.05) is 72.8 Å². The van der Waals surface area contributed by atoms with E-state index in [0.29, 0.717) is 63.6 Å². The average molecular weight is 717 g/mol. The molecular weight excluding hydrogens is 673 g/mol. The Morgan fingerprint density at radius 2 is 0.963 bits per heavy atom. The maximum absolute atomic E-state index is 11.8. The molecular formula is C46H44N4O4. The lowest BCUT2D eigenvalue weighted by atomic mass is 10.0. The molecule has 0 spiro atoms. The molecule has 0 fully saturated rings. The number of aryl methyl sites for hydroxylation is 2. The van der Waals surface area contributed by atoms with Crippen molar-refractivity contribution in [3.63, 3.8) is 0 Å². The number of phenols is 2. The van der Waals surface area contributed by atoms with Crippen molar-refractivity contribution in [3.8, 4) is 23.0 Å². The Hall–Kier alpha value is -5.96. The van der Waals surface area contributed by atoms with Crippen molar-refractivity contribution < 1.29 is 19.7 Å². The van der Waals surface area contributed by atoms with Gasteiger partial charge in [-0.2, -0.15) is 0 Å². The fourth-order valence-electron chi connectivity index (χ4n) is 7.53. The number of nitrogens with zero attached hydrogens (tertiary/aromatic N) is 4. The van der Waals surface area contributed by atoms with E-state index in [0.717, 1.165) is 67.0 Å². The van der Waals surface area contributed by atoms with Crippen molar-refractivity contribution in [1.29, 1.82) is 0 Å². The summed E-state index contributed by atoms with van der Waals surface area (Å²) < 4.78 is 12.6. The van der Waals surface area contributed by atoms with Gasteiger partial charge in [-0.15, -0.1) is 0 Å². The summed E-state index contributed by atoms with van der Waals surface area (Å²) in [6.45, 7) is 8.46. The van der Waals surface area contributed by atoms with E-state index in [2.05, 4.69) is 47.9 Å². The molecule has 0 aliphatic carbocycles. The van der Waals surface area contributed by atoms with Crippen LogP contribution in [0.4, 0.5) is 11.4 Å². The second-order valence-electron chi connectivity index (χ2n) is 14.2. The van der Waals surface area contributed by atoms with E-state index in [-0.39, 0.29) is 11.5 Å². The van der Waals surface area contributed by atoms with Crippen LogP contribution < -0.4 is 9.47 Å². The lowest BCUT2D eigenvalue weighted by Crippen LogP contribution is -2.35. The van der Waals surface area contributed by atoms with Crippen LogP contribution in [-0.2, 0) is 26.2 Å². The van der Waals surface area contributed by atoms with Gasteiger partial charge in [0, 0.05) is 90.5 Å². The van der Waals surface area contributed by atoms with Crippen LogP contribution in [0.15, 0.2) is 119 Å². The molecule has 2 aliphatic heterocycles. The topological polar surface area (TPSA) is 90.1 Å². The number of ether oxygens (including phenoxy) is 2. The second kappa shape index (κ2) is 15.6. The number of fused-ring (bicyclic) bond motifs is 9. The number of phenolic OH excluding ortho intramolecular Hbond substituents is 2. The minimum absolute atomic E-state index is 0.212. The van der Waals surface area contributed by atoms with Crippen molar-refractivity contribution in [1.82, 2.24) is 9.80 Å². The van der Waals surface area contributed by atoms with Gasteiger partial charge >= 0.3 is 0 Å². The van der Waals surface area contributed by atoms with E-state index >= 15 is 0 Å². The Labute approximate surface area is 316 Å². The number of benzene rings is 6. The third-order valence-corrected chi connectivity index (χ3v) is 10.1. The molecule has 0 amide bonds. The van der Waals surface area contributed by atoms with Crippen molar-refractivity contribution >= 4 is 34.6 Å². The number of hydrogen-bond acceptors (Lipinski definition) is 8. The van der Waals surface area contributed by atoms with E-state index in [9.17, 15) is 10.2 Å². The summed E-state index contributed by atoms with van der Waals surface area (Å²) >= 11 is 0. The van der Waals surface area contributed by atoms with Gasteiger partial charge in [0.1, 0.15) is 36.2 Å².